The van der Waals surface area contributed by atoms with Gasteiger partial charge < -0.3 is 15.0 Å². The number of fused-ring (bicyclic) bond motifs is 1. The molecule has 2 aliphatic heterocycles. The van der Waals surface area contributed by atoms with Gasteiger partial charge in [0.25, 0.3) is 0 Å². The number of carbonyl (C=O) groups is 2. The molecule has 6 nitrogen and oxygen atoms in total. The number of benzene rings is 1. The summed E-state index contributed by atoms with van der Waals surface area (Å²) in [5, 5.41) is 3.14. The Kier molecular flexibility index (Phi) is 5.28. The van der Waals surface area contributed by atoms with Crippen molar-refractivity contribution in [2.45, 2.75) is 50.2 Å². The summed E-state index contributed by atoms with van der Waals surface area (Å²) >= 11 is 0. The lowest BCUT2D eigenvalue weighted by Gasteiger charge is -2.31. The summed E-state index contributed by atoms with van der Waals surface area (Å²) < 4.78 is 5.26. The number of carbonyl (C=O) groups excluding carboxylic acids is 2. The lowest BCUT2D eigenvalue weighted by atomic mass is 10.0. The molecule has 28 heavy (non-hydrogen) atoms. The normalized spacial score (nSPS) is 24.2. The van der Waals surface area contributed by atoms with E-state index < -0.39 is 0 Å². The highest BCUT2D eigenvalue weighted by molar-refractivity contribution is 5.81. The van der Waals surface area contributed by atoms with Crippen LogP contribution in [0, 0.1) is 0 Å². The molecule has 1 N–H and O–H groups in total. The number of ether oxygens (including phenoxy) is 1. The number of nitrogens with one attached hydrogen (secondary N) is 1. The molecule has 0 saturated carbocycles. The number of methoxy groups -OCH3 is 1. The smallest absolute Gasteiger partial charge is 0.229 e. The molecule has 0 unspecified atom stereocenters. The third-order valence-electron chi connectivity index (χ3n) is 5.73. The van der Waals surface area contributed by atoms with Gasteiger partial charge in [0.1, 0.15) is 5.75 Å². The molecule has 3 heterocycles. The molecule has 2 aromatic rings. The van der Waals surface area contributed by atoms with Crippen molar-refractivity contribution in [2.75, 3.05) is 7.11 Å². The van der Waals surface area contributed by atoms with E-state index in [1.165, 1.54) is 0 Å². The summed E-state index contributed by atoms with van der Waals surface area (Å²) in [5.74, 6) is 0.929. The topological polar surface area (TPSA) is 71.5 Å². The Morgan fingerprint density at radius 2 is 2.07 bits per heavy atom. The number of rotatable bonds is 4. The summed E-state index contributed by atoms with van der Waals surface area (Å²) in [4.78, 5) is 31.7. The Hall–Kier alpha value is -2.89. The molecule has 2 amide bonds. The van der Waals surface area contributed by atoms with Gasteiger partial charge in [-0.25, -0.2) is 0 Å². The maximum atomic E-state index is 13.3. The van der Waals surface area contributed by atoms with Crippen LogP contribution in [0.3, 0.4) is 0 Å². The van der Waals surface area contributed by atoms with Crippen LogP contribution in [0.25, 0.3) is 0 Å². The Balaban J connectivity index is 1.64. The fourth-order valence-electron chi connectivity index (χ4n) is 4.41. The van der Waals surface area contributed by atoms with E-state index in [0.717, 1.165) is 36.3 Å². The Morgan fingerprint density at radius 3 is 2.79 bits per heavy atom. The molecule has 0 bridgehead atoms. The molecule has 4 rings (SSSR count). The van der Waals surface area contributed by atoms with Crippen LogP contribution in [0.15, 0.2) is 48.7 Å². The van der Waals surface area contributed by atoms with E-state index in [1.807, 2.05) is 47.4 Å². The van der Waals surface area contributed by atoms with Crippen molar-refractivity contribution in [2.24, 2.45) is 0 Å². The molecular weight excluding hydrogens is 354 g/mol. The van der Waals surface area contributed by atoms with E-state index in [4.69, 9.17) is 4.74 Å². The lowest BCUT2D eigenvalue weighted by Crippen LogP contribution is -2.45. The largest absolute Gasteiger partial charge is 0.497 e. The second kappa shape index (κ2) is 8.00. The number of aromatic nitrogens is 1. The fraction of sp³-hybridized carbons (Fsp3) is 0.409. The van der Waals surface area contributed by atoms with Gasteiger partial charge in [-0.15, -0.1) is 0 Å². The zero-order chi connectivity index (χ0) is 19.5. The number of hydrogen-bond donors (Lipinski definition) is 1. The first-order chi connectivity index (χ1) is 13.7. The molecule has 146 valence electrons. The van der Waals surface area contributed by atoms with E-state index in [0.29, 0.717) is 6.42 Å². The van der Waals surface area contributed by atoms with Gasteiger partial charge in [-0.3, -0.25) is 14.6 Å². The average Bonchev–Trinajstić information content (AvgIpc) is 2.96. The first-order valence-electron chi connectivity index (χ1n) is 9.80. The maximum Gasteiger partial charge on any atom is 0.229 e. The molecule has 2 saturated heterocycles. The van der Waals surface area contributed by atoms with Crippen LogP contribution in [-0.2, 0) is 16.0 Å². The van der Waals surface area contributed by atoms with Crippen LogP contribution in [-0.4, -0.2) is 40.9 Å². The molecule has 3 atom stereocenters. The van der Waals surface area contributed by atoms with Crippen LogP contribution in [0.1, 0.15) is 43.0 Å². The summed E-state index contributed by atoms with van der Waals surface area (Å²) in [5.41, 5.74) is 1.83. The van der Waals surface area contributed by atoms with Crippen LogP contribution in [0.2, 0.25) is 0 Å². The molecule has 1 aromatic carbocycles. The molecule has 0 radical (unpaired) electrons. The standard InChI is InChI=1S/C22H25N3O3/c1-28-17-10-8-15(9-11-17)20-14-18-19(6-4-7-21(26)24-18)25(20)22(27)13-16-5-2-3-12-23-16/h2-3,5,8-12,18-20H,4,6-7,13-14H2,1H3,(H,24,26)/t18-,19+,20+/m1/s1. The van der Waals surface area contributed by atoms with Crippen molar-refractivity contribution in [3.05, 3.63) is 59.9 Å². The van der Waals surface area contributed by atoms with E-state index in [9.17, 15) is 9.59 Å². The predicted octanol–water partition coefficient (Wildman–Crippen LogP) is 2.64. The molecule has 2 fully saturated rings. The summed E-state index contributed by atoms with van der Waals surface area (Å²) in [7, 11) is 1.64. The first kappa shape index (κ1) is 18.5. The van der Waals surface area contributed by atoms with Gasteiger partial charge in [0.05, 0.1) is 31.7 Å². The van der Waals surface area contributed by atoms with Crippen molar-refractivity contribution in [3.63, 3.8) is 0 Å². The molecule has 1 aromatic heterocycles. The zero-order valence-electron chi connectivity index (χ0n) is 16.0. The minimum absolute atomic E-state index is 0.00483. The van der Waals surface area contributed by atoms with Gasteiger partial charge in [0.2, 0.25) is 11.8 Å². The third-order valence-corrected chi connectivity index (χ3v) is 5.73. The highest BCUT2D eigenvalue weighted by Crippen LogP contribution is 2.40. The van der Waals surface area contributed by atoms with Gasteiger partial charge >= 0.3 is 0 Å². The maximum absolute atomic E-state index is 13.3. The first-order valence-corrected chi connectivity index (χ1v) is 9.80. The summed E-state index contributed by atoms with van der Waals surface area (Å²) in [6.07, 6.45) is 4.88. The molecule has 2 aliphatic rings. The predicted molar refractivity (Wildman–Crippen MR) is 105 cm³/mol. The average molecular weight is 379 g/mol. The Labute approximate surface area is 164 Å². The van der Waals surface area contributed by atoms with Gasteiger partial charge in [0.15, 0.2) is 0 Å². The van der Waals surface area contributed by atoms with Gasteiger partial charge in [0, 0.05) is 18.3 Å². The zero-order valence-corrected chi connectivity index (χ0v) is 16.0. The van der Waals surface area contributed by atoms with Crippen molar-refractivity contribution in [1.82, 2.24) is 15.2 Å². The second-order valence-corrected chi connectivity index (χ2v) is 7.46. The monoisotopic (exact) mass is 379 g/mol. The summed E-state index contributed by atoms with van der Waals surface area (Å²) in [6, 6.07) is 13.4. The quantitative estimate of drug-likeness (QED) is 0.887. The SMILES string of the molecule is COc1ccc([C@@H]2C[C@H]3NC(=O)CCC[C@@H]3N2C(=O)Cc2ccccn2)cc1. The third kappa shape index (κ3) is 3.72. The Morgan fingerprint density at radius 1 is 1.25 bits per heavy atom. The van der Waals surface area contributed by atoms with E-state index >= 15 is 0 Å². The fourth-order valence-corrected chi connectivity index (χ4v) is 4.41. The van der Waals surface area contributed by atoms with Crippen molar-refractivity contribution >= 4 is 11.8 Å². The van der Waals surface area contributed by atoms with E-state index in [2.05, 4.69) is 10.3 Å². The highest BCUT2D eigenvalue weighted by Gasteiger charge is 2.45. The second-order valence-electron chi connectivity index (χ2n) is 7.46. The lowest BCUT2D eigenvalue weighted by molar-refractivity contribution is -0.134. The van der Waals surface area contributed by atoms with Gasteiger partial charge in [-0.2, -0.15) is 0 Å². The Bertz CT molecular complexity index is 838. The van der Waals surface area contributed by atoms with E-state index in [1.54, 1.807) is 13.3 Å². The number of hydrogen-bond acceptors (Lipinski definition) is 4. The van der Waals surface area contributed by atoms with Crippen LogP contribution < -0.4 is 10.1 Å². The van der Waals surface area contributed by atoms with Gasteiger partial charge in [-0.05, 0) is 49.1 Å². The van der Waals surface area contributed by atoms with Crippen LogP contribution >= 0.6 is 0 Å². The molecule has 0 aliphatic carbocycles. The van der Waals surface area contributed by atoms with E-state index in [-0.39, 0.29) is 36.4 Å². The minimum atomic E-state index is -0.0597. The number of likely N-dealkylation sites (tertiary alicyclic amines) is 1. The van der Waals surface area contributed by atoms with Crippen LogP contribution in [0.5, 0.6) is 5.75 Å². The number of pyridine rings is 1. The molecular formula is C22H25N3O3. The van der Waals surface area contributed by atoms with Crippen LogP contribution in [0.4, 0.5) is 0 Å². The molecule has 6 heteroatoms. The highest BCUT2D eigenvalue weighted by atomic mass is 16.5. The van der Waals surface area contributed by atoms with Crippen molar-refractivity contribution in [3.8, 4) is 5.75 Å². The van der Waals surface area contributed by atoms with Crippen molar-refractivity contribution in [1.29, 1.82) is 0 Å². The number of nitrogens with zero attached hydrogens (tertiary/aromatic N) is 2. The molecule has 0 spiro atoms. The number of amides is 2. The summed E-state index contributed by atoms with van der Waals surface area (Å²) in [6.45, 7) is 0. The van der Waals surface area contributed by atoms with Crippen molar-refractivity contribution < 1.29 is 14.3 Å². The van der Waals surface area contributed by atoms with Gasteiger partial charge in [-0.1, -0.05) is 18.2 Å². The minimum Gasteiger partial charge on any atom is -0.497 e.